The predicted octanol–water partition coefficient (Wildman–Crippen LogP) is 1.53. The Balaban J connectivity index is 2.70. The fraction of sp³-hybridized carbons (Fsp3) is 0.923. The Labute approximate surface area is 104 Å². The van der Waals surface area contributed by atoms with Crippen LogP contribution in [0.5, 0.6) is 0 Å². The average molecular weight is 242 g/mol. The zero-order chi connectivity index (χ0) is 12.9. The normalized spacial score (nSPS) is 19.5. The van der Waals surface area contributed by atoms with Crippen molar-refractivity contribution in [3.05, 3.63) is 0 Å². The first-order chi connectivity index (χ1) is 8.09. The second-order valence-corrected chi connectivity index (χ2v) is 5.01. The number of hydrogen-bond donors (Lipinski definition) is 1. The summed E-state index contributed by atoms with van der Waals surface area (Å²) in [5.74, 6) is 0.126. The molecule has 2 N–H and O–H groups in total. The third-order valence-electron chi connectivity index (χ3n) is 3.96. The van der Waals surface area contributed by atoms with Gasteiger partial charge in [0.15, 0.2) is 0 Å². The molecule has 0 aromatic heterocycles. The number of carbonyl (C=O) groups excluding carboxylic acids is 1. The van der Waals surface area contributed by atoms with E-state index in [0.29, 0.717) is 19.0 Å². The van der Waals surface area contributed by atoms with Gasteiger partial charge in [0, 0.05) is 19.7 Å². The fourth-order valence-corrected chi connectivity index (χ4v) is 2.10. The van der Waals surface area contributed by atoms with Gasteiger partial charge < -0.3 is 15.4 Å². The van der Waals surface area contributed by atoms with Gasteiger partial charge in [0.05, 0.1) is 0 Å². The minimum Gasteiger partial charge on any atom is -0.369 e. The average Bonchev–Trinajstić information content (AvgIpc) is 2.30. The van der Waals surface area contributed by atoms with E-state index in [0.717, 1.165) is 25.8 Å². The van der Waals surface area contributed by atoms with Gasteiger partial charge in [0.25, 0.3) is 5.91 Å². The molecule has 1 unspecified atom stereocenters. The van der Waals surface area contributed by atoms with Crippen LogP contribution in [-0.2, 0) is 9.53 Å². The summed E-state index contributed by atoms with van der Waals surface area (Å²) in [5.41, 5.74) is 4.87. The highest BCUT2D eigenvalue weighted by atomic mass is 16.5. The van der Waals surface area contributed by atoms with E-state index in [2.05, 4.69) is 0 Å². The molecule has 1 aliphatic carbocycles. The molecule has 0 aliphatic heterocycles. The summed E-state index contributed by atoms with van der Waals surface area (Å²) >= 11 is 0. The molecule has 0 aromatic rings. The van der Waals surface area contributed by atoms with Crippen LogP contribution in [0.25, 0.3) is 0 Å². The number of nitrogens with two attached hydrogens (primary N) is 1. The number of nitrogens with zero attached hydrogens (tertiary/aromatic N) is 1. The van der Waals surface area contributed by atoms with Crippen molar-refractivity contribution < 1.29 is 9.53 Å². The smallest absolute Gasteiger partial charge is 0.254 e. The van der Waals surface area contributed by atoms with Crippen LogP contribution >= 0.6 is 0 Å². The molecule has 1 aliphatic rings. The molecule has 100 valence electrons. The first-order valence-electron chi connectivity index (χ1n) is 6.65. The van der Waals surface area contributed by atoms with Crippen molar-refractivity contribution in [2.24, 2.45) is 5.73 Å². The molecule has 0 radical (unpaired) electrons. The predicted molar refractivity (Wildman–Crippen MR) is 68.7 cm³/mol. The Morgan fingerprint density at radius 2 is 2.18 bits per heavy atom. The quantitative estimate of drug-likeness (QED) is 0.736. The number of amides is 1. The summed E-state index contributed by atoms with van der Waals surface area (Å²) in [5, 5.41) is 0. The monoisotopic (exact) mass is 242 g/mol. The van der Waals surface area contributed by atoms with Gasteiger partial charge in [-0.1, -0.05) is 6.92 Å². The van der Waals surface area contributed by atoms with Crippen LogP contribution in [0.4, 0.5) is 0 Å². The fourth-order valence-electron chi connectivity index (χ4n) is 2.10. The minimum atomic E-state index is -0.676. The first-order valence-corrected chi connectivity index (χ1v) is 6.65. The number of hydrogen-bond acceptors (Lipinski definition) is 3. The van der Waals surface area contributed by atoms with E-state index >= 15 is 0 Å². The summed E-state index contributed by atoms with van der Waals surface area (Å²) in [6.07, 6.45) is 5.05. The van der Waals surface area contributed by atoms with Crippen molar-refractivity contribution in [1.29, 1.82) is 0 Å². The van der Waals surface area contributed by atoms with E-state index in [9.17, 15) is 4.79 Å². The molecule has 1 amide bonds. The zero-order valence-corrected chi connectivity index (χ0v) is 11.4. The van der Waals surface area contributed by atoms with Gasteiger partial charge in [-0.3, -0.25) is 4.79 Å². The van der Waals surface area contributed by atoms with Crippen LogP contribution < -0.4 is 5.73 Å². The lowest BCUT2D eigenvalue weighted by Gasteiger charge is -2.42. The molecule has 1 atom stereocenters. The summed E-state index contributed by atoms with van der Waals surface area (Å²) in [6.45, 7) is 5.26. The van der Waals surface area contributed by atoms with Crippen LogP contribution in [0.3, 0.4) is 0 Å². The van der Waals surface area contributed by atoms with Crippen LogP contribution in [0.15, 0.2) is 0 Å². The van der Waals surface area contributed by atoms with Crippen molar-refractivity contribution in [1.82, 2.24) is 4.90 Å². The highest BCUT2D eigenvalue weighted by Crippen LogP contribution is 2.28. The van der Waals surface area contributed by atoms with E-state index in [1.807, 2.05) is 18.7 Å². The van der Waals surface area contributed by atoms with Crippen LogP contribution in [-0.4, -0.2) is 42.6 Å². The Kier molecular flexibility index (Phi) is 5.40. The van der Waals surface area contributed by atoms with Crippen molar-refractivity contribution in [2.45, 2.75) is 57.6 Å². The molecule has 0 bridgehead atoms. The standard InChI is InChI=1S/C13H26N2O2/c1-4-13(2,17-3)12(16)15(10-6-9-14)11-7-5-8-11/h11H,4-10,14H2,1-3H3. The summed E-state index contributed by atoms with van der Waals surface area (Å²) in [6, 6.07) is 0.412. The SMILES string of the molecule is CCC(C)(OC)C(=O)N(CCCN)C1CCC1. The van der Waals surface area contributed by atoms with E-state index in [1.165, 1.54) is 6.42 Å². The molecule has 1 saturated carbocycles. The number of ether oxygens (including phenoxy) is 1. The number of carbonyl (C=O) groups is 1. The van der Waals surface area contributed by atoms with Crippen molar-refractivity contribution in [3.8, 4) is 0 Å². The Hall–Kier alpha value is -0.610. The topological polar surface area (TPSA) is 55.6 Å². The van der Waals surface area contributed by atoms with E-state index < -0.39 is 5.60 Å². The molecule has 1 rings (SSSR count). The van der Waals surface area contributed by atoms with Gasteiger partial charge in [-0.2, -0.15) is 0 Å². The molecule has 17 heavy (non-hydrogen) atoms. The van der Waals surface area contributed by atoms with Gasteiger partial charge in [-0.15, -0.1) is 0 Å². The molecular formula is C13H26N2O2. The Morgan fingerprint density at radius 1 is 1.53 bits per heavy atom. The Bertz CT molecular complexity index is 248. The maximum absolute atomic E-state index is 12.5. The maximum Gasteiger partial charge on any atom is 0.254 e. The summed E-state index contributed by atoms with van der Waals surface area (Å²) < 4.78 is 5.41. The second-order valence-electron chi connectivity index (χ2n) is 5.01. The lowest BCUT2D eigenvalue weighted by Crippen LogP contribution is -2.54. The van der Waals surface area contributed by atoms with Gasteiger partial charge >= 0.3 is 0 Å². The second kappa shape index (κ2) is 6.36. The molecule has 0 saturated heterocycles. The lowest BCUT2D eigenvalue weighted by atomic mass is 9.89. The number of rotatable bonds is 7. The van der Waals surface area contributed by atoms with E-state index in [1.54, 1.807) is 7.11 Å². The van der Waals surface area contributed by atoms with E-state index in [4.69, 9.17) is 10.5 Å². The van der Waals surface area contributed by atoms with Gasteiger partial charge in [0.2, 0.25) is 0 Å². The molecule has 0 spiro atoms. The molecule has 0 aromatic carbocycles. The Morgan fingerprint density at radius 3 is 2.53 bits per heavy atom. The third kappa shape index (κ3) is 3.19. The van der Waals surface area contributed by atoms with Crippen molar-refractivity contribution in [2.75, 3.05) is 20.2 Å². The molecule has 0 heterocycles. The largest absolute Gasteiger partial charge is 0.369 e. The molecular weight excluding hydrogens is 216 g/mol. The minimum absolute atomic E-state index is 0.126. The third-order valence-corrected chi connectivity index (χ3v) is 3.96. The van der Waals surface area contributed by atoms with Gasteiger partial charge in [-0.25, -0.2) is 0 Å². The van der Waals surface area contributed by atoms with E-state index in [-0.39, 0.29) is 5.91 Å². The summed E-state index contributed by atoms with van der Waals surface area (Å²) in [7, 11) is 1.61. The highest BCUT2D eigenvalue weighted by Gasteiger charge is 2.39. The van der Waals surface area contributed by atoms with Crippen molar-refractivity contribution >= 4 is 5.91 Å². The lowest BCUT2D eigenvalue weighted by molar-refractivity contribution is -0.157. The molecule has 4 nitrogen and oxygen atoms in total. The van der Waals surface area contributed by atoms with Gasteiger partial charge in [-0.05, 0) is 45.6 Å². The van der Waals surface area contributed by atoms with Crippen LogP contribution in [0.2, 0.25) is 0 Å². The van der Waals surface area contributed by atoms with Crippen molar-refractivity contribution in [3.63, 3.8) is 0 Å². The molecule has 1 fully saturated rings. The summed E-state index contributed by atoms with van der Waals surface area (Å²) in [4.78, 5) is 14.5. The van der Waals surface area contributed by atoms with Gasteiger partial charge in [0.1, 0.15) is 5.60 Å². The number of methoxy groups -OCH3 is 1. The van der Waals surface area contributed by atoms with Crippen LogP contribution in [0.1, 0.15) is 46.0 Å². The highest BCUT2D eigenvalue weighted by molar-refractivity contribution is 5.85. The zero-order valence-electron chi connectivity index (χ0n) is 11.4. The van der Waals surface area contributed by atoms with Crippen LogP contribution in [0, 0.1) is 0 Å². The maximum atomic E-state index is 12.5. The molecule has 4 heteroatoms. The first kappa shape index (κ1) is 14.5.